The number of hydrogen-bond acceptors (Lipinski definition) is 4. The summed E-state index contributed by atoms with van der Waals surface area (Å²) in [6.45, 7) is 0. The van der Waals surface area contributed by atoms with E-state index in [1.807, 2.05) is 0 Å². The SMILES string of the molecule is [c]1nnc(NC2CCCCCC2)s1. The average molecular weight is 196 g/mol. The fraction of sp³-hybridized carbons (Fsp3) is 0.778. The van der Waals surface area contributed by atoms with E-state index >= 15 is 0 Å². The molecule has 1 aliphatic carbocycles. The van der Waals surface area contributed by atoms with E-state index in [0.29, 0.717) is 6.04 Å². The Bertz CT molecular complexity index is 227. The predicted molar refractivity (Wildman–Crippen MR) is 53.9 cm³/mol. The summed E-state index contributed by atoms with van der Waals surface area (Å²) in [6, 6.07) is 0.615. The number of nitrogens with one attached hydrogen (secondary N) is 1. The molecule has 2 rings (SSSR count). The van der Waals surface area contributed by atoms with Gasteiger partial charge in [0, 0.05) is 6.04 Å². The first-order valence-corrected chi connectivity index (χ1v) is 5.73. The minimum absolute atomic E-state index is 0.615. The van der Waals surface area contributed by atoms with E-state index in [9.17, 15) is 0 Å². The quantitative estimate of drug-likeness (QED) is 0.738. The van der Waals surface area contributed by atoms with Crippen molar-refractivity contribution in [1.82, 2.24) is 10.2 Å². The van der Waals surface area contributed by atoms with Crippen LogP contribution in [0, 0.1) is 5.51 Å². The van der Waals surface area contributed by atoms with Crippen molar-refractivity contribution in [2.45, 2.75) is 44.6 Å². The molecule has 71 valence electrons. The van der Waals surface area contributed by atoms with Crippen molar-refractivity contribution in [3.8, 4) is 0 Å². The molecule has 0 saturated heterocycles. The number of aromatic nitrogens is 2. The second-order valence-corrected chi connectivity index (χ2v) is 4.30. The normalized spacial score (nSPS) is 19.7. The van der Waals surface area contributed by atoms with E-state index in [0.717, 1.165) is 5.13 Å². The summed E-state index contributed by atoms with van der Waals surface area (Å²) in [5.41, 5.74) is 2.75. The maximum atomic E-state index is 3.94. The van der Waals surface area contributed by atoms with Gasteiger partial charge in [-0.15, -0.1) is 10.2 Å². The van der Waals surface area contributed by atoms with Crippen LogP contribution in [-0.2, 0) is 0 Å². The van der Waals surface area contributed by atoms with Crippen molar-refractivity contribution >= 4 is 16.5 Å². The molecule has 0 unspecified atom stereocenters. The highest BCUT2D eigenvalue weighted by atomic mass is 32.1. The van der Waals surface area contributed by atoms with Crippen LogP contribution in [0.4, 0.5) is 5.13 Å². The topological polar surface area (TPSA) is 37.8 Å². The first kappa shape index (κ1) is 8.94. The summed E-state index contributed by atoms with van der Waals surface area (Å²) in [4.78, 5) is 0. The molecule has 1 aromatic rings. The maximum absolute atomic E-state index is 3.94. The Hall–Kier alpha value is -0.640. The smallest absolute Gasteiger partial charge is 0.206 e. The molecule has 13 heavy (non-hydrogen) atoms. The second kappa shape index (κ2) is 4.56. The van der Waals surface area contributed by atoms with Crippen LogP contribution in [0.1, 0.15) is 38.5 Å². The van der Waals surface area contributed by atoms with Crippen LogP contribution in [0.15, 0.2) is 0 Å². The minimum Gasteiger partial charge on any atom is -0.357 e. The Labute approximate surface area is 82.6 Å². The third-order valence-corrected chi connectivity index (χ3v) is 3.07. The van der Waals surface area contributed by atoms with Gasteiger partial charge in [0.05, 0.1) is 0 Å². The summed E-state index contributed by atoms with van der Waals surface area (Å²) in [7, 11) is 0. The molecule has 0 aromatic carbocycles. The molecular weight excluding hydrogens is 182 g/mol. The first-order chi connectivity index (χ1) is 6.45. The molecule has 0 atom stereocenters. The average Bonchev–Trinajstić information content (AvgIpc) is 2.49. The molecule has 1 aliphatic rings. The second-order valence-electron chi connectivity index (χ2n) is 3.53. The molecular formula is C9H14N3S. The molecule has 1 saturated carbocycles. The Morgan fingerprint density at radius 3 is 2.62 bits per heavy atom. The Balaban J connectivity index is 1.86. The van der Waals surface area contributed by atoms with Crippen LogP contribution in [0.25, 0.3) is 0 Å². The third kappa shape index (κ3) is 2.66. The molecule has 1 aromatic heterocycles. The van der Waals surface area contributed by atoms with Crippen molar-refractivity contribution < 1.29 is 0 Å². The molecule has 0 spiro atoms. The van der Waals surface area contributed by atoms with E-state index in [1.165, 1.54) is 49.9 Å². The van der Waals surface area contributed by atoms with Crippen molar-refractivity contribution in [3.63, 3.8) is 0 Å². The molecule has 1 N–H and O–H groups in total. The molecule has 0 bridgehead atoms. The lowest BCUT2D eigenvalue weighted by Crippen LogP contribution is -2.17. The zero-order chi connectivity index (χ0) is 8.93. The van der Waals surface area contributed by atoms with Gasteiger partial charge in [-0.2, -0.15) is 0 Å². The van der Waals surface area contributed by atoms with Gasteiger partial charge in [-0.3, -0.25) is 0 Å². The number of nitrogens with zero attached hydrogens (tertiary/aromatic N) is 2. The van der Waals surface area contributed by atoms with Gasteiger partial charge in [0.1, 0.15) is 0 Å². The Kier molecular flexibility index (Phi) is 3.13. The summed E-state index contributed by atoms with van der Waals surface area (Å²) in [5, 5.41) is 12.0. The van der Waals surface area contributed by atoms with Crippen molar-refractivity contribution in [1.29, 1.82) is 0 Å². The van der Waals surface area contributed by atoms with Crippen LogP contribution < -0.4 is 5.32 Å². The Morgan fingerprint density at radius 2 is 2.00 bits per heavy atom. The highest BCUT2D eigenvalue weighted by molar-refractivity contribution is 7.12. The lowest BCUT2D eigenvalue weighted by atomic mass is 10.1. The van der Waals surface area contributed by atoms with Crippen molar-refractivity contribution in [2.75, 3.05) is 5.32 Å². The third-order valence-electron chi connectivity index (χ3n) is 2.51. The highest BCUT2D eigenvalue weighted by Crippen LogP contribution is 2.21. The molecule has 0 amide bonds. The van der Waals surface area contributed by atoms with Crippen LogP contribution in [0.3, 0.4) is 0 Å². The number of anilines is 1. The molecule has 3 nitrogen and oxygen atoms in total. The fourth-order valence-electron chi connectivity index (χ4n) is 1.81. The summed E-state index contributed by atoms with van der Waals surface area (Å²) < 4.78 is 0. The van der Waals surface area contributed by atoms with Crippen molar-refractivity contribution in [3.05, 3.63) is 5.51 Å². The molecule has 1 heterocycles. The summed E-state index contributed by atoms with van der Waals surface area (Å²) in [6.07, 6.45) is 8.03. The van der Waals surface area contributed by atoms with Gasteiger partial charge in [-0.25, -0.2) is 0 Å². The van der Waals surface area contributed by atoms with Crippen LogP contribution in [-0.4, -0.2) is 16.2 Å². The van der Waals surface area contributed by atoms with Crippen LogP contribution in [0.2, 0.25) is 0 Å². The standard InChI is InChI=1S/C9H14N3S/c1-2-4-6-8(5-3-1)11-9-12-10-7-13-9/h8H,1-6H2,(H,11,12). The number of rotatable bonds is 2. The largest absolute Gasteiger partial charge is 0.357 e. The predicted octanol–water partition coefficient (Wildman–Crippen LogP) is 2.47. The summed E-state index contributed by atoms with van der Waals surface area (Å²) in [5.74, 6) is 0. The monoisotopic (exact) mass is 196 g/mol. The lowest BCUT2D eigenvalue weighted by molar-refractivity contribution is 0.618. The maximum Gasteiger partial charge on any atom is 0.206 e. The zero-order valence-corrected chi connectivity index (χ0v) is 8.44. The molecule has 1 fully saturated rings. The van der Waals surface area contributed by atoms with Gasteiger partial charge in [0.2, 0.25) is 5.13 Å². The minimum atomic E-state index is 0.615. The molecule has 4 heteroatoms. The van der Waals surface area contributed by atoms with Crippen LogP contribution >= 0.6 is 11.3 Å². The van der Waals surface area contributed by atoms with E-state index in [-0.39, 0.29) is 0 Å². The molecule has 1 radical (unpaired) electrons. The number of hydrogen-bond donors (Lipinski definition) is 1. The Morgan fingerprint density at radius 1 is 1.23 bits per heavy atom. The van der Waals surface area contributed by atoms with E-state index in [4.69, 9.17) is 0 Å². The summed E-state index contributed by atoms with van der Waals surface area (Å²) >= 11 is 1.47. The first-order valence-electron chi connectivity index (χ1n) is 4.91. The van der Waals surface area contributed by atoms with E-state index < -0.39 is 0 Å². The van der Waals surface area contributed by atoms with Crippen LogP contribution in [0.5, 0.6) is 0 Å². The van der Waals surface area contributed by atoms with Gasteiger partial charge in [0.25, 0.3) is 0 Å². The van der Waals surface area contributed by atoms with E-state index in [1.54, 1.807) is 0 Å². The zero-order valence-electron chi connectivity index (χ0n) is 7.62. The fourth-order valence-corrected chi connectivity index (χ4v) is 2.28. The van der Waals surface area contributed by atoms with Gasteiger partial charge in [-0.1, -0.05) is 37.0 Å². The van der Waals surface area contributed by atoms with E-state index in [2.05, 4.69) is 21.0 Å². The van der Waals surface area contributed by atoms with Gasteiger partial charge in [-0.05, 0) is 12.8 Å². The molecule has 0 aliphatic heterocycles. The van der Waals surface area contributed by atoms with Gasteiger partial charge >= 0.3 is 0 Å². The van der Waals surface area contributed by atoms with Crippen molar-refractivity contribution in [2.24, 2.45) is 0 Å². The highest BCUT2D eigenvalue weighted by Gasteiger charge is 2.12. The van der Waals surface area contributed by atoms with Gasteiger partial charge < -0.3 is 5.32 Å². The van der Waals surface area contributed by atoms with Gasteiger partial charge in [0.15, 0.2) is 5.51 Å². The lowest BCUT2D eigenvalue weighted by Gasteiger charge is -2.14.